The van der Waals surface area contributed by atoms with E-state index in [0.717, 1.165) is 31.1 Å². The number of benzene rings is 1. The van der Waals surface area contributed by atoms with Crippen molar-refractivity contribution in [3.63, 3.8) is 0 Å². The molecule has 132 valence electrons. The maximum absolute atomic E-state index is 13.1. The van der Waals surface area contributed by atoms with E-state index >= 15 is 0 Å². The van der Waals surface area contributed by atoms with Gasteiger partial charge >= 0.3 is 5.97 Å². The zero-order valence-corrected chi connectivity index (χ0v) is 14.7. The number of hydrogen-bond acceptors (Lipinski definition) is 2. The molecule has 25 heavy (non-hydrogen) atoms. The number of para-hydroxylation sites is 1. The third-order valence-corrected chi connectivity index (χ3v) is 6.12. The Morgan fingerprint density at radius 3 is 2.68 bits per heavy atom. The Kier molecular flexibility index (Phi) is 3.99. The van der Waals surface area contributed by atoms with E-state index in [1.54, 1.807) is 17.0 Å². The zero-order chi connectivity index (χ0) is 17.6. The van der Waals surface area contributed by atoms with Crippen molar-refractivity contribution in [3.8, 4) is 0 Å². The van der Waals surface area contributed by atoms with Crippen LogP contribution >= 0.6 is 11.6 Å². The fourth-order valence-corrected chi connectivity index (χ4v) is 4.77. The first-order valence-corrected chi connectivity index (χ1v) is 9.18. The molecule has 1 saturated carbocycles. The van der Waals surface area contributed by atoms with Crippen LogP contribution in [0.4, 0.5) is 0 Å². The summed E-state index contributed by atoms with van der Waals surface area (Å²) in [5, 5.41) is 11.1. The smallest absolute Gasteiger partial charge is 0.326 e. The fraction of sp³-hybridized carbons (Fsp3) is 0.474. The van der Waals surface area contributed by atoms with E-state index in [1.807, 2.05) is 12.1 Å². The number of carboxylic acids is 1. The molecule has 1 amide bonds. The van der Waals surface area contributed by atoms with Gasteiger partial charge in [-0.15, -0.1) is 0 Å². The number of hydrogen-bond donors (Lipinski definition) is 2. The highest BCUT2D eigenvalue weighted by atomic mass is 35.5. The Morgan fingerprint density at radius 1 is 1.24 bits per heavy atom. The molecule has 5 nitrogen and oxygen atoms in total. The van der Waals surface area contributed by atoms with Crippen molar-refractivity contribution in [2.45, 2.75) is 44.6 Å². The maximum atomic E-state index is 13.1. The number of amides is 1. The molecule has 0 radical (unpaired) electrons. The first-order valence-electron chi connectivity index (χ1n) is 8.80. The maximum Gasteiger partial charge on any atom is 0.326 e. The van der Waals surface area contributed by atoms with E-state index in [1.165, 1.54) is 6.42 Å². The van der Waals surface area contributed by atoms with E-state index < -0.39 is 12.0 Å². The second kappa shape index (κ2) is 6.06. The molecular formula is C19H21ClN2O3. The quantitative estimate of drug-likeness (QED) is 0.847. The van der Waals surface area contributed by atoms with Gasteiger partial charge in [0.25, 0.3) is 5.91 Å². The number of likely N-dealkylation sites (tertiary alicyclic amines) is 1. The Hall–Kier alpha value is -2.01. The van der Waals surface area contributed by atoms with Crippen LogP contribution in [0.15, 0.2) is 24.3 Å². The molecule has 1 aromatic carbocycles. The first-order chi connectivity index (χ1) is 12.0. The van der Waals surface area contributed by atoms with Crippen molar-refractivity contribution in [1.82, 2.24) is 9.88 Å². The van der Waals surface area contributed by atoms with E-state index in [9.17, 15) is 14.7 Å². The molecule has 2 N–H and O–H groups in total. The average Bonchev–Trinajstić information content (AvgIpc) is 3.18. The van der Waals surface area contributed by atoms with Crippen LogP contribution in [-0.2, 0) is 4.79 Å². The molecule has 0 bridgehead atoms. The molecule has 2 heterocycles. The number of halogens is 1. The van der Waals surface area contributed by atoms with Crippen molar-refractivity contribution in [2.75, 3.05) is 6.54 Å². The summed E-state index contributed by atoms with van der Waals surface area (Å²) in [6.07, 6.45) is 6.04. The summed E-state index contributed by atoms with van der Waals surface area (Å²) in [6.45, 7) is 0.534. The average molecular weight is 361 g/mol. The number of carboxylic acid groups (broad SMARTS) is 1. The summed E-state index contributed by atoms with van der Waals surface area (Å²) < 4.78 is 0. The molecular weight excluding hydrogens is 340 g/mol. The van der Waals surface area contributed by atoms with Gasteiger partial charge in [0.1, 0.15) is 11.7 Å². The fourth-order valence-electron chi connectivity index (χ4n) is 4.54. The Balaban J connectivity index is 1.66. The van der Waals surface area contributed by atoms with E-state index in [0.29, 0.717) is 29.2 Å². The molecule has 2 aliphatic rings. The van der Waals surface area contributed by atoms with Crippen LogP contribution in [-0.4, -0.2) is 39.5 Å². The third kappa shape index (κ3) is 2.80. The van der Waals surface area contributed by atoms with Crippen molar-refractivity contribution >= 4 is 34.4 Å². The van der Waals surface area contributed by atoms with Gasteiger partial charge in [0.05, 0.1) is 10.5 Å². The molecule has 1 aliphatic carbocycles. The number of aromatic amines is 1. The summed E-state index contributed by atoms with van der Waals surface area (Å²) in [7, 11) is 0. The minimum Gasteiger partial charge on any atom is -0.480 e. The SMILES string of the molecule is O=C(O)C1CC2(CCCCC2)CN1C(=O)c1cc2cccc(Cl)c2[nH]1. The number of aliphatic carboxylic acids is 1. The minimum atomic E-state index is -0.912. The molecule has 2 fully saturated rings. The molecule has 1 aliphatic heterocycles. The zero-order valence-electron chi connectivity index (χ0n) is 13.9. The van der Waals surface area contributed by atoms with E-state index in [4.69, 9.17) is 11.6 Å². The van der Waals surface area contributed by atoms with Gasteiger partial charge in [-0.3, -0.25) is 4.79 Å². The summed E-state index contributed by atoms with van der Waals surface area (Å²) in [4.78, 5) is 29.5. The Morgan fingerprint density at radius 2 is 2.00 bits per heavy atom. The number of fused-ring (bicyclic) bond motifs is 1. The number of carbonyl (C=O) groups excluding carboxylic acids is 1. The molecule has 1 spiro atoms. The summed E-state index contributed by atoms with van der Waals surface area (Å²) >= 11 is 6.18. The van der Waals surface area contributed by atoms with E-state index in [-0.39, 0.29) is 11.3 Å². The second-order valence-corrected chi connectivity index (χ2v) is 7.85. The molecule has 4 rings (SSSR count). The molecule has 6 heteroatoms. The van der Waals surface area contributed by atoms with Crippen molar-refractivity contribution in [1.29, 1.82) is 0 Å². The molecule has 1 aromatic heterocycles. The van der Waals surface area contributed by atoms with Crippen molar-refractivity contribution in [2.24, 2.45) is 5.41 Å². The summed E-state index contributed by atoms with van der Waals surface area (Å²) in [6, 6.07) is 6.50. The number of rotatable bonds is 2. The number of H-pyrrole nitrogens is 1. The minimum absolute atomic E-state index is 0.0272. The van der Waals surface area contributed by atoms with Gasteiger partial charge in [-0.05, 0) is 36.8 Å². The standard InChI is InChI=1S/C19H21ClN2O3/c20-13-6-4-5-12-9-14(21-16(12)13)17(23)22-11-19(7-2-1-3-8-19)10-15(22)18(24)25/h4-6,9,15,21H,1-3,7-8,10-11H2,(H,24,25). The van der Waals surface area contributed by atoms with Gasteiger partial charge in [0.15, 0.2) is 0 Å². The van der Waals surface area contributed by atoms with Gasteiger partial charge in [0, 0.05) is 11.9 Å². The summed E-state index contributed by atoms with van der Waals surface area (Å²) in [5.74, 6) is -1.16. The lowest BCUT2D eigenvalue weighted by molar-refractivity contribution is -0.141. The van der Waals surface area contributed by atoms with Crippen LogP contribution in [0.2, 0.25) is 5.02 Å². The molecule has 1 atom stereocenters. The lowest BCUT2D eigenvalue weighted by Crippen LogP contribution is -2.41. The Labute approximate surface area is 151 Å². The monoisotopic (exact) mass is 360 g/mol. The van der Waals surface area contributed by atoms with Crippen LogP contribution in [0.1, 0.15) is 49.0 Å². The van der Waals surface area contributed by atoms with Gasteiger partial charge < -0.3 is 15.0 Å². The van der Waals surface area contributed by atoms with Crippen molar-refractivity contribution in [3.05, 3.63) is 35.0 Å². The highest BCUT2D eigenvalue weighted by Crippen LogP contribution is 2.46. The predicted octanol–water partition coefficient (Wildman–Crippen LogP) is 4.07. The number of nitrogens with one attached hydrogen (secondary N) is 1. The van der Waals surface area contributed by atoms with Crippen LogP contribution in [0.25, 0.3) is 10.9 Å². The second-order valence-electron chi connectivity index (χ2n) is 7.44. The largest absolute Gasteiger partial charge is 0.480 e. The highest BCUT2D eigenvalue weighted by Gasteiger charge is 2.49. The van der Waals surface area contributed by atoms with Crippen LogP contribution in [0.5, 0.6) is 0 Å². The lowest BCUT2D eigenvalue weighted by Gasteiger charge is -2.32. The van der Waals surface area contributed by atoms with Crippen molar-refractivity contribution < 1.29 is 14.7 Å². The predicted molar refractivity (Wildman–Crippen MR) is 95.9 cm³/mol. The Bertz CT molecular complexity index is 838. The highest BCUT2D eigenvalue weighted by molar-refractivity contribution is 6.35. The number of aromatic nitrogens is 1. The molecule has 1 unspecified atom stereocenters. The van der Waals surface area contributed by atoms with Gasteiger partial charge in [-0.2, -0.15) is 0 Å². The third-order valence-electron chi connectivity index (χ3n) is 5.80. The van der Waals surface area contributed by atoms with Crippen LogP contribution in [0.3, 0.4) is 0 Å². The number of nitrogens with zero attached hydrogens (tertiary/aromatic N) is 1. The van der Waals surface area contributed by atoms with Crippen LogP contribution in [0, 0.1) is 5.41 Å². The van der Waals surface area contributed by atoms with Gasteiger partial charge in [-0.1, -0.05) is 43.0 Å². The number of carbonyl (C=O) groups is 2. The van der Waals surface area contributed by atoms with Gasteiger partial charge in [-0.25, -0.2) is 4.79 Å². The topological polar surface area (TPSA) is 73.4 Å². The van der Waals surface area contributed by atoms with Crippen LogP contribution < -0.4 is 0 Å². The first kappa shape index (κ1) is 16.5. The van der Waals surface area contributed by atoms with E-state index in [2.05, 4.69) is 4.98 Å². The molecule has 1 saturated heterocycles. The summed E-state index contributed by atoms with van der Waals surface area (Å²) in [5.41, 5.74) is 1.09. The normalized spacial score (nSPS) is 22.6. The van der Waals surface area contributed by atoms with Gasteiger partial charge in [0.2, 0.25) is 0 Å². The lowest BCUT2D eigenvalue weighted by atomic mass is 9.73. The molecule has 2 aromatic rings.